The van der Waals surface area contributed by atoms with Crippen LogP contribution in [0.4, 0.5) is 4.39 Å². The van der Waals surface area contributed by atoms with Crippen molar-refractivity contribution in [3.63, 3.8) is 0 Å². The predicted octanol–water partition coefficient (Wildman–Crippen LogP) is 2.02. The van der Waals surface area contributed by atoms with Gasteiger partial charge in [-0.2, -0.15) is 0 Å². The fraction of sp³-hybridized carbons (Fsp3) is 0.273. The molecule has 1 aromatic rings. The molecule has 0 aromatic heterocycles. The third-order valence-corrected chi connectivity index (χ3v) is 3.08. The Morgan fingerprint density at radius 1 is 1.53 bits per heavy atom. The van der Waals surface area contributed by atoms with Gasteiger partial charge in [-0.1, -0.05) is 6.92 Å². The van der Waals surface area contributed by atoms with E-state index in [-0.39, 0.29) is 5.56 Å². The highest BCUT2D eigenvalue weighted by molar-refractivity contribution is 14.1. The molecule has 0 aliphatic rings. The molecule has 0 saturated carbocycles. The van der Waals surface area contributed by atoms with E-state index in [2.05, 4.69) is 5.32 Å². The third kappa shape index (κ3) is 3.65. The number of nitrogens with one attached hydrogen (secondary N) is 1. The number of carbonyl (C=O) groups is 2. The standard InChI is InChI=1S/C11H11FINO3/c1-2-9(11(16)17)14-10(15)7-4-3-6(12)5-8(7)13/h3-5,9H,2H2,1H3,(H,14,15)(H,16,17)/t9-/m0/s1. The summed E-state index contributed by atoms with van der Waals surface area (Å²) in [6, 6.07) is 2.79. The van der Waals surface area contributed by atoms with E-state index in [0.29, 0.717) is 9.99 Å². The summed E-state index contributed by atoms with van der Waals surface area (Å²) in [7, 11) is 0. The van der Waals surface area contributed by atoms with Gasteiger partial charge in [-0.3, -0.25) is 4.79 Å². The summed E-state index contributed by atoms with van der Waals surface area (Å²) in [6.07, 6.45) is 0.291. The summed E-state index contributed by atoms with van der Waals surface area (Å²) >= 11 is 1.83. The maximum atomic E-state index is 12.8. The molecule has 0 aliphatic carbocycles. The SMILES string of the molecule is CC[C@H](NC(=O)c1ccc(F)cc1I)C(=O)O. The number of aliphatic carboxylic acids is 1. The zero-order valence-electron chi connectivity index (χ0n) is 9.04. The van der Waals surface area contributed by atoms with E-state index in [1.165, 1.54) is 18.2 Å². The summed E-state index contributed by atoms with van der Waals surface area (Å²) < 4.78 is 13.3. The quantitative estimate of drug-likeness (QED) is 0.816. The average molecular weight is 351 g/mol. The van der Waals surface area contributed by atoms with Crippen LogP contribution in [0, 0.1) is 9.39 Å². The minimum absolute atomic E-state index is 0.270. The number of benzene rings is 1. The van der Waals surface area contributed by atoms with Gasteiger partial charge in [-0.15, -0.1) is 0 Å². The highest BCUT2D eigenvalue weighted by Gasteiger charge is 2.19. The van der Waals surface area contributed by atoms with Crippen molar-refractivity contribution >= 4 is 34.5 Å². The number of halogens is 2. The molecule has 0 fully saturated rings. The molecule has 17 heavy (non-hydrogen) atoms. The van der Waals surface area contributed by atoms with Crippen LogP contribution in [0.25, 0.3) is 0 Å². The second-order valence-electron chi connectivity index (χ2n) is 3.40. The zero-order valence-corrected chi connectivity index (χ0v) is 11.2. The van der Waals surface area contributed by atoms with E-state index in [1.54, 1.807) is 6.92 Å². The second kappa shape index (κ2) is 5.95. The Hall–Kier alpha value is -1.18. The molecule has 1 aromatic carbocycles. The van der Waals surface area contributed by atoms with Gasteiger partial charge < -0.3 is 10.4 Å². The lowest BCUT2D eigenvalue weighted by atomic mass is 10.1. The van der Waals surface area contributed by atoms with Crippen molar-refractivity contribution < 1.29 is 19.1 Å². The summed E-state index contributed by atoms with van der Waals surface area (Å²) in [5, 5.41) is 11.2. The molecule has 0 radical (unpaired) electrons. The Morgan fingerprint density at radius 3 is 2.65 bits per heavy atom. The summed E-state index contributed by atoms with van der Waals surface area (Å²) in [6.45, 7) is 1.66. The Labute approximate surface area is 111 Å². The van der Waals surface area contributed by atoms with E-state index in [9.17, 15) is 14.0 Å². The van der Waals surface area contributed by atoms with Crippen molar-refractivity contribution in [2.24, 2.45) is 0 Å². The zero-order chi connectivity index (χ0) is 13.0. The predicted molar refractivity (Wildman–Crippen MR) is 68.3 cm³/mol. The van der Waals surface area contributed by atoms with Gasteiger partial charge in [0.05, 0.1) is 5.56 Å². The van der Waals surface area contributed by atoms with Crippen molar-refractivity contribution in [1.82, 2.24) is 5.32 Å². The van der Waals surface area contributed by atoms with Crippen molar-refractivity contribution in [2.75, 3.05) is 0 Å². The third-order valence-electron chi connectivity index (χ3n) is 2.19. The first kappa shape index (κ1) is 13.9. The van der Waals surface area contributed by atoms with Crippen LogP contribution in [0.2, 0.25) is 0 Å². The van der Waals surface area contributed by atoms with E-state index >= 15 is 0 Å². The number of rotatable bonds is 4. The largest absolute Gasteiger partial charge is 0.480 e. The first-order valence-corrected chi connectivity index (χ1v) is 6.02. The van der Waals surface area contributed by atoms with E-state index < -0.39 is 23.7 Å². The molecule has 0 spiro atoms. The van der Waals surface area contributed by atoms with E-state index in [0.717, 1.165) is 0 Å². The molecule has 2 N–H and O–H groups in total. The molecule has 4 nitrogen and oxygen atoms in total. The topological polar surface area (TPSA) is 66.4 Å². The lowest BCUT2D eigenvalue weighted by Gasteiger charge is -2.12. The normalized spacial score (nSPS) is 11.9. The van der Waals surface area contributed by atoms with Gasteiger partial charge in [0.15, 0.2) is 0 Å². The summed E-state index contributed by atoms with van der Waals surface area (Å²) in [4.78, 5) is 22.5. The Balaban J connectivity index is 2.86. The second-order valence-corrected chi connectivity index (χ2v) is 4.56. The maximum absolute atomic E-state index is 12.8. The van der Waals surface area contributed by atoms with Crippen molar-refractivity contribution in [3.05, 3.63) is 33.1 Å². The number of carboxylic acid groups (broad SMARTS) is 1. The first-order chi connectivity index (χ1) is 7.95. The Kier molecular flexibility index (Phi) is 4.86. The van der Waals surface area contributed by atoms with Crippen molar-refractivity contribution in [1.29, 1.82) is 0 Å². The number of hydrogen-bond acceptors (Lipinski definition) is 2. The van der Waals surface area contributed by atoms with Gasteiger partial charge in [0.25, 0.3) is 5.91 Å². The molecule has 0 heterocycles. The average Bonchev–Trinajstić information content (AvgIpc) is 2.24. The van der Waals surface area contributed by atoms with Gasteiger partial charge in [-0.25, -0.2) is 9.18 Å². The number of hydrogen-bond donors (Lipinski definition) is 2. The lowest BCUT2D eigenvalue weighted by Crippen LogP contribution is -2.40. The molecule has 1 atom stereocenters. The van der Waals surface area contributed by atoms with Gasteiger partial charge in [-0.05, 0) is 47.2 Å². The molecule has 92 valence electrons. The number of carbonyl (C=O) groups excluding carboxylic acids is 1. The number of carboxylic acids is 1. The first-order valence-electron chi connectivity index (χ1n) is 4.94. The molecular weight excluding hydrogens is 340 g/mol. The van der Waals surface area contributed by atoms with E-state index in [1.807, 2.05) is 22.6 Å². The van der Waals surface area contributed by atoms with Gasteiger partial charge in [0, 0.05) is 3.57 Å². The molecule has 1 amide bonds. The van der Waals surface area contributed by atoms with Crippen LogP contribution in [-0.2, 0) is 4.79 Å². The molecule has 0 bridgehead atoms. The maximum Gasteiger partial charge on any atom is 0.326 e. The van der Waals surface area contributed by atoms with Crippen LogP contribution in [0.1, 0.15) is 23.7 Å². The van der Waals surface area contributed by atoms with Crippen molar-refractivity contribution in [3.8, 4) is 0 Å². The number of amides is 1. The van der Waals surface area contributed by atoms with Gasteiger partial charge in [0.1, 0.15) is 11.9 Å². The Morgan fingerprint density at radius 2 is 2.18 bits per heavy atom. The lowest BCUT2D eigenvalue weighted by molar-refractivity contribution is -0.139. The van der Waals surface area contributed by atoms with Gasteiger partial charge >= 0.3 is 5.97 Å². The van der Waals surface area contributed by atoms with Crippen LogP contribution < -0.4 is 5.32 Å². The molecule has 0 saturated heterocycles. The monoisotopic (exact) mass is 351 g/mol. The minimum atomic E-state index is -1.09. The molecule has 0 aliphatic heterocycles. The van der Waals surface area contributed by atoms with Crippen LogP contribution >= 0.6 is 22.6 Å². The highest BCUT2D eigenvalue weighted by Crippen LogP contribution is 2.14. The highest BCUT2D eigenvalue weighted by atomic mass is 127. The van der Waals surface area contributed by atoms with Crippen LogP contribution in [0.5, 0.6) is 0 Å². The minimum Gasteiger partial charge on any atom is -0.480 e. The van der Waals surface area contributed by atoms with E-state index in [4.69, 9.17) is 5.11 Å². The molecular formula is C11H11FINO3. The molecule has 1 rings (SSSR count). The summed E-state index contributed by atoms with van der Waals surface area (Å²) in [5.41, 5.74) is 0.270. The fourth-order valence-corrected chi connectivity index (χ4v) is 1.97. The van der Waals surface area contributed by atoms with Crippen LogP contribution in [0.15, 0.2) is 18.2 Å². The summed E-state index contributed by atoms with van der Waals surface area (Å²) in [5.74, 6) is -2.03. The van der Waals surface area contributed by atoms with Crippen molar-refractivity contribution in [2.45, 2.75) is 19.4 Å². The Bertz CT molecular complexity index is 450. The van der Waals surface area contributed by atoms with Crippen LogP contribution in [0.3, 0.4) is 0 Å². The fourth-order valence-electron chi connectivity index (χ4n) is 1.25. The van der Waals surface area contributed by atoms with Crippen LogP contribution in [-0.4, -0.2) is 23.0 Å². The van der Waals surface area contributed by atoms with Gasteiger partial charge in [0.2, 0.25) is 0 Å². The smallest absolute Gasteiger partial charge is 0.326 e. The molecule has 6 heteroatoms. The molecule has 0 unspecified atom stereocenters.